The van der Waals surface area contributed by atoms with Crippen molar-refractivity contribution in [2.24, 2.45) is 5.73 Å². The molecule has 1 aliphatic heterocycles. The number of para-hydroxylation sites is 1. The number of nitrogens with two attached hydrogens (primary N) is 1. The number of aromatic nitrogens is 3. The molecule has 1 aliphatic rings. The third-order valence-electron chi connectivity index (χ3n) is 8.74. The first-order valence-electron chi connectivity index (χ1n) is 17.3. The SMILES string of the molecule is C[C@H](N)C(=O)N(C)[C@@H](C)[C@@H](NC(=O)[C@H](C)NC(=O)N[C@@H](Cc1c[nH]c2ccccc12)C(=O)O)C(=O)N/C=C1\O[C@@H](n2ccc(=O)[nH]c2=O)[C@H](O)[C@@H]1O.O=C(O)C(F)(F)F. The van der Waals surface area contributed by atoms with E-state index in [0.29, 0.717) is 5.56 Å². The molecule has 1 saturated heterocycles. The standard InChI is InChI=1S/C32H41N9O11.C2HF3O2/c1-14(33)28(47)40(4)16(3)23(27(46)35-13-21-24(43)25(44)29(52-21)41-10-9-22(42)38-32(41)51)39-26(45)15(2)36-31(50)37-20(30(48)49)11-17-12-34-19-8-6-5-7-18(17)19;3-2(4,5)1(6)7/h5-10,12-16,20,23-25,29,34,43-44H,11,33H2,1-4H3,(H,35,46)(H,39,45)(H,48,49)(H2,36,37,50)(H,38,42,51);(H,6,7)/b21-13-;/t14-,15-,16-,20-,23+,24+,25+,29+;/m0./s1. The fourth-order valence-electron chi connectivity index (χ4n) is 5.42. The van der Waals surface area contributed by atoms with Crippen LogP contribution in [-0.2, 0) is 35.1 Å². The first kappa shape index (κ1) is 46.7. The minimum absolute atomic E-state index is 0.0691. The number of aliphatic hydroxyl groups is 2. The maximum atomic E-state index is 13.5. The molecule has 2 aromatic heterocycles. The molecule has 25 heteroatoms. The third kappa shape index (κ3) is 12.1. The summed E-state index contributed by atoms with van der Waals surface area (Å²) in [5.41, 5.74) is 5.52. The van der Waals surface area contributed by atoms with Gasteiger partial charge in [0.25, 0.3) is 5.56 Å². The number of nitrogens with zero attached hydrogens (tertiary/aromatic N) is 2. The molecule has 5 amide bonds. The van der Waals surface area contributed by atoms with Gasteiger partial charge in [0.05, 0.1) is 12.1 Å². The number of benzene rings is 1. The number of hydrogen-bond donors (Lipinski definition) is 11. The average Bonchev–Trinajstić information content (AvgIpc) is 3.70. The van der Waals surface area contributed by atoms with Crippen molar-refractivity contribution in [1.82, 2.24) is 40.7 Å². The summed E-state index contributed by atoms with van der Waals surface area (Å²) in [5.74, 6) is -6.87. The summed E-state index contributed by atoms with van der Waals surface area (Å²) >= 11 is 0. The maximum absolute atomic E-state index is 13.5. The fraction of sp³-hybridized carbons (Fsp3) is 0.412. The zero-order valence-corrected chi connectivity index (χ0v) is 31.5. The van der Waals surface area contributed by atoms with Gasteiger partial charge in [0.15, 0.2) is 0 Å². The molecule has 0 saturated carbocycles. The highest BCUT2D eigenvalue weighted by Crippen LogP contribution is 2.30. The molecular weight excluding hydrogens is 799 g/mol. The Hall–Kier alpha value is -6.73. The van der Waals surface area contributed by atoms with Gasteiger partial charge in [0.2, 0.25) is 23.9 Å². The lowest BCUT2D eigenvalue weighted by atomic mass is 10.1. The van der Waals surface area contributed by atoms with Crippen LogP contribution in [0, 0.1) is 0 Å². The van der Waals surface area contributed by atoms with E-state index in [1.807, 2.05) is 17.1 Å². The Balaban J connectivity index is 0.00000122. The van der Waals surface area contributed by atoms with Gasteiger partial charge in [-0.15, -0.1) is 0 Å². The second-order valence-electron chi connectivity index (χ2n) is 13.1. The van der Waals surface area contributed by atoms with E-state index in [1.165, 1.54) is 27.8 Å². The predicted octanol–water partition coefficient (Wildman–Crippen LogP) is -2.08. The van der Waals surface area contributed by atoms with Crippen LogP contribution in [0.4, 0.5) is 18.0 Å². The van der Waals surface area contributed by atoms with Crippen molar-refractivity contribution in [1.29, 1.82) is 0 Å². The predicted molar refractivity (Wildman–Crippen MR) is 196 cm³/mol. The van der Waals surface area contributed by atoms with Crippen LogP contribution >= 0.6 is 0 Å². The van der Waals surface area contributed by atoms with Crippen LogP contribution in [0.2, 0.25) is 0 Å². The number of rotatable bonds is 13. The van der Waals surface area contributed by atoms with Crippen molar-refractivity contribution < 1.29 is 67.1 Å². The van der Waals surface area contributed by atoms with Gasteiger partial charge in [-0.1, -0.05) is 18.2 Å². The number of nitrogens with one attached hydrogen (secondary N) is 6. The van der Waals surface area contributed by atoms with Crippen molar-refractivity contribution in [2.75, 3.05) is 7.05 Å². The number of likely N-dealkylation sites (N-methyl/N-ethyl adjacent to an activating group) is 1. The molecule has 3 aromatic rings. The third-order valence-corrected chi connectivity index (χ3v) is 8.74. The molecule has 12 N–H and O–H groups in total. The smallest absolute Gasteiger partial charge is 0.480 e. The van der Waals surface area contributed by atoms with E-state index < -0.39 is 102 Å². The van der Waals surface area contributed by atoms with E-state index in [-0.39, 0.29) is 12.2 Å². The average molecular weight is 842 g/mol. The van der Waals surface area contributed by atoms with Crippen LogP contribution in [0.1, 0.15) is 32.6 Å². The zero-order chi connectivity index (χ0) is 44.5. The number of alkyl halides is 3. The number of aliphatic carboxylic acids is 2. The van der Waals surface area contributed by atoms with Crippen molar-refractivity contribution in [2.45, 2.75) is 82.0 Å². The number of carboxylic acids is 2. The van der Waals surface area contributed by atoms with Crippen molar-refractivity contribution in [3.05, 3.63) is 81.1 Å². The van der Waals surface area contributed by atoms with E-state index in [1.54, 1.807) is 18.3 Å². The van der Waals surface area contributed by atoms with E-state index in [4.69, 9.17) is 20.4 Å². The number of carbonyl (C=O) groups is 6. The molecular formula is C34H42F3N9O13. The van der Waals surface area contributed by atoms with Gasteiger partial charge in [0.1, 0.15) is 36.1 Å². The van der Waals surface area contributed by atoms with Crippen molar-refractivity contribution in [3.8, 4) is 0 Å². The number of fused-ring (bicyclic) bond motifs is 1. The minimum Gasteiger partial charge on any atom is -0.480 e. The Labute approximate surface area is 330 Å². The Bertz CT molecular complexity index is 2190. The lowest BCUT2D eigenvalue weighted by molar-refractivity contribution is -0.192. The van der Waals surface area contributed by atoms with Crippen LogP contribution in [0.25, 0.3) is 10.9 Å². The highest BCUT2D eigenvalue weighted by atomic mass is 19.4. The Morgan fingerprint density at radius 3 is 2.20 bits per heavy atom. The Morgan fingerprint density at radius 2 is 1.63 bits per heavy atom. The molecule has 1 aromatic carbocycles. The van der Waals surface area contributed by atoms with Gasteiger partial charge in [-0.2, -0.15) is 13.2 Å². The molecule has 0 unspecified atom stereocenters. The molecule has 0 radical (unpaired) electrons. The first-order chi connectivity index (χ1) is 27.4. The molecule has 22 nitrogen and oxygen atoms in total. The molecule has 322 valence electrons. The number of urea groups is 1. The lowest BCUT2D eigenvalue weighted by Crippen LogP contribution is -2.61. The molecule has 0 spiro atoms. The number of H-pyrrole nitrogens is 2. The molecule has 4 rings (SSSR count). The van der Waals surface area contributed by atoms with E-state index >= 15 is 0 Å². The summed E-state index contributed by atoms with van der Waals surface area (Å²) in [7, 11) is 1.35. The van der Waals surface area contributed by atoms with Crippen molar-refractivity contribution in [3.63, 3.8) is 0 Å². The summed E-state index contributed by atoms with van der Waals surface area (Å²) in [5, 5.41) is 48.2. The van der Waals surface area contributed by atoms with Crippen LogP contribution in [0.5, 0.6) is 0 Å². The van der Waals surface area contributed by atoms with Crippen LogP contribution in [0.3, 0.4) is 0 Å². The molecule has 59 heavy (non-hydrogen) atoms. The fourth-order valence-corrected chi connectivity index (χ4v) is 5.42. The monoisotopic (exact) mass is 841 g/mol. The zero-order valence-electron chi connectivity index (χ0n) is 31.5. The second kappa shape index (κ2) is 19.6. The number of hydrogen-bond acceptors (Lipinski definition) is 12. The number of carbonyl (C=O) groups excluding carboxylic acids is 4. The van der Waals surface area contributed by atoms with E-state index in [0.717, 1.165) is 38.8 Å². The largest absolute Gasteiger partial charge is 0.490 e. The van der Waals surface area contributed by atoms with Gasteiger partial charge in [0, 0.05) is 49.0 Å². The molecule has 3 heterocycles. The summed E-state index contributed by atoms with van der Waals surface area (Å²) in [4.78, 5) is 103. The Kier molecular flexibility index (Phi) is 15.5. The van der Waals surface area contributed by atoms with E-state index in [2.05, 4.69) is 26.3 Å². The number of carboxylic acid groups (broad SMARTS) is 2. The van der Waals surface area contributed by atoms with Crippen LogP contribution < -0.4 is 38.2 Å². The van der Waals surface area contributed by atoms with Gasteiger partial charge < -0.3 is 62.0 Å². The summed E-state index contributed by atoms with van der Waals surface area (Å²) in [6, 6.07) is 0.994. The molecule has 8 atom stereocenters. The summed E-state index contributed by atoms with van der Waals surface area (Å²) in [6.45, 7) is 4.14. The van der Waals surface area contributed by atoms with Crippen molar-refractivity contribution >= 4 is 46.6 Å². The first-order valence-corrected chi connectivity index (χ1v) is 17.3. The number of halogens is 3. The highest BCUT2D eigenvalue weighted by molar-refractivity contribution is 5.93. The number of aliphatic hydroxyl groups excluding tert-OH is 2. The highest BCUT2D eigenvalue weighted by Gasteiger charge is 2.42. The van der Waals surface area contributed by atoms with Crippen LogP contribution in [0.15, 0.2) is 64.3 Å². The van der Waals surface area contributed by atoms with Gasteiger partial charge >= 0.3 is 29.8 Å². The summed E-state index contributed by atoms with van der Waals surface area (Å²) in [6.07, 6.45) is -6.49. The minimum atomic E-state index is -5.08. The molecule has 1 fully saturated rings. The number of ether oxygens (including phenoxy) is 1. The Morgan fingerprint density at radius 1 is 1.00 bits per heavy atom. The summed E-state index contributed by atoms with van der Waals surface area (Å²) < 4.78 is 38.0. The molecule has 0 aliphatic carbocycles. The van der Waals surface area contributed by atoms with E-state index in [9.17, 15) is 62.1 Å². The van der Waals surface area contributed by atoms with Gasteiger partial charge in [-0.05, 0) is 32.4 Å². The van der Waals surface area contributed by atoms with Crippen LogP contribution in [-0.4, -0.2) is 131 Å². The topological polar surface area (TPSA) is 341 Å². The maximum Gasteiger partial charge on any atom is 0.490 e. The normalized spacial score (nSPS) is 19.4. The number of aromatic amines is 2. The quantitative estimate of drug-likeness (QED) is 0.0881. The van der Waals surface area contributed by atoms with Gasteiger partial charge in [-0.3, -0.25) is 28.7 Å². The van der Waals surface area contributed by atoms with Gasteiger partial charge in [-0.25, -0.2) is 19.2 Å². The molecule has 0 bridgehead atoms. The number of amides is 5. The lowest BCUT2D eigenvalue weighted by Gasteiger charge is -2.33. The second-order valence-corrected chi connectivity index (χ2v) is 13.1.